The average Bonchev–Trinajstić information content (AvgIpc) is 3.44. The fraction of sp³-hybridized carbons (Fsp3) is 0.167. The molecule has 0 amide bonds. The van der Waals surface area contributed by atoms with E-state index in [4.69, 9.17) is 9.47 Å². The topological polar surface area (TPSA) is 47.5 Å². The minimum atomic E-state index is 0.268. The molecule has 0 N–H and O–H groups in total. The number of ether oxygens (including phenoxy) is 2. The standard InChI is InChI=1S/C24H21N3O2S/c1-17-7-9-19(10-8-17)22-11-21-23(30-22)24(26-15-25-21)27(13-20-14-28-16-29-20)12-18-5-3-2-4-6-18/h2-11,14-15H,12-13,16H2,1H3. The molecule has 2 aromatic carbocycles. The zero-order valence-corrected chi connectivity index (χ0v) is 17.4. The zero-order valence-electron chi connectivity index (χ0n) is 16.6. The quantitative estimate of drug-likeness (QED) is 0.415. The first-order chi connectivity index (χ1) is 14.8. The van der Waals surface area contributed by atoms with E-state index in [1.165, 1.54) is 21.6 Å². The largest absolute Gasteiger partial charge is 0.462 e. The van der Waals surface area contributed by atoms with Crippen molar-refractivity contribution < 1.29 is 9.47 Å². The van der Waals surface area contributed by atoms with Crippen LogP contribution in [0, 0.1) is 6.92 Å². The van der Waals surface area contributed by atoms with Gasteiger partial charge in [0.15, 0.2) is 11.6 Å². The number of aryl methyl sites for hydroxylation is 1. The van der Waals surface area contributed by atoms with Crippen molar-refractivity contribution in [3.63, 3.8) is 0 Å². The molecule has 0 atom stereocenters. The Morgan fingerprint density at radius 1 is 1.00 bits per heavy atom. The van der Waals surface area contributed by atoms with Gasteiger partial charge in [0.2, 0.25) is 6.79 Å². The molecular weight excluding hydrogens is 394 g/mol. The molecule has 2 aromatic heterocycles. The summed E-state index contributed by atoms with van der Waals surface area (Å²) in [6.07, 6.45) is 3.32. The van der Waals surface area contributed by atoms with Crippen LogP contribution in [0.15, 0.2) is 79.0 Å². The summed E-state index contributed by atoms with van der Waals surface area (Å²) < 4.78 is 11.9. The lowest BCUT2D eigenvalue weighted by molar-refractivity contribution is 0.0797. The number of anilines is 1. The predicted octanol–water partition coefficient (Wildman–Crippen LogP) is 5.52. The van der Waals surface area contributed by atoms with Gasteiger partial charge in [-0.25, -0.2) is 9.97 Å². The molecule has 0 bridgehead atoms. The number of benzene rings is 2. The SMILES string of the molecule is Cc1ccc(-c2cc3ncnc(N(CC4=COCO4)Cc4ccccc4)c3s2)cc1. The van der Waals surface area contributed by atoms with E-state index < -0.39 is 0 Å². The molecular formula is C24H21N3O2S. The monoisotopic (exact) mass is 415 g/mol. The predicted molar refractivity (Wildman–Crippen MR) is 120 cm³/mol. The minimum absolute atomic E-state index is 0.268. The molecule has 6 heteroatoms. The van der Waals surface area contributed by atoms with Gasteiger partial charge in [-0.05, 0) is 24.1 Å². The molecule has 5 rings (SSSR count). The van der Waals surface area contributed by atoms with Gasteiger partial charge in [-0.3, -0.25) is 0 Å². The van der Waals surface area contributed by atoms with E-state index in [2.05, 4.69) is 76.4 Å². The molecule has 3 heterocycles. The third-order valence-corrected chi connectivity index (χ3v) is 6.19. The van der Waals surface area contributed by atoms with Crippen molar-refractivity contribution in [3.8, 4) is 10.4 Å². The Balaban J connectivity index is 1.55. The van der Waals surface area contributed by atoms with Crippen LogP contribution in [0.5, 0.6) is 0 Å². The van der Waals surface area contributed by atoms with E-state index >= 15 is 0 Å². The van der Waals surface area contributed by atoms with Gasteiger partial charge >= 0.3 is 0 Å². The van der Waals surface area contributed by atoms with E-state index in [0.717, 1.165) is 21.8 Å². The van der Waals surface area contributed by atoms with Gasteiger partial charge in [0.25, 0.3) is 0 Å². The molecule has 0 radical (unpaired) electrons. The molecule has 150 valence electrons. The molecule has 0 unspecified atom stereocenters. The molecule has 0 fully saturated rings. The van der Waals surface area contributed by atoms with Gasteiger partial charge in [-0.2, -0.15) is 0 Å². The van der Waals surface area contributed by atoms with Crippen LogP contribution in [0.4, 0.5) is 5.82 Å². The lowest BCUT2D eigenvalue weighted by Gasteiger charge is -2.24. The smallest absolute Gasteiger partial charge is 0.229 e. The molecule has 5 nitrogen and oxygen atoms in total. The maximum atomic E-state index is 5.60. The first kappa shape index (κ1) is 18.6. The van der Waals surface area contributed by atoms with Gasteiger partial charge in [0.1, 0.15) is 12.6 Å². The lowest BCUT2D eigenvalue weighted by atomic mass is 10.1. The van der Waals surface area contributed by atoms with E-state index in [1.54, 1.807) is 23.9 Å². The van der Waals surface area contributed by atoms with Crippen LogP contribution in [0.3, 0.4) is 0 Å². The summed E-state index contributed by atoms with van der Waals surface area (Å²) in [7, 11) is 0. The van der Waals surface area contributed by atoms with Crippen molar-refractivity contribution in [2.24, 2.45) is 0 Å². The highest BCUT2D eigenvalue weighted by atomic mass is 32.1. The van der Waals surface area contributed by atoms with Gasteiger partial charge in [-0.1, -0.05) is 60.2 Å². The van der Waals surface area contributed by atoms with Crippen LogP contribution in [-0.4, -0.2) is 23.3 Å². The average molecular weight is 416 g/mol. The number of aromatic nitrogens is 2. The fourth-order valence-corrected chi connectivity index (χ4v) is 4.61. The van der Waals surface area contributed by atoms with Crippen molar-refractivity contribution in [1.82, 2.24) is 9.97 Å². The minimum Gasteiger partial charge on any atom is -0.462 e. The first-order valence-corrected chi connectivity index (χ1v) is 10.6. The fourth-order valence-electron chi connectivity index (χ4n) is 3.48. The first-order valence-electron chi connectivity index (χ1n) is 9.80. The van der Waals surface area contributed by atoms with Gasteiger partial charge < -0.3 is 14.4 Å². The van der Waals surface area contributed by atoms with E-state index in [1.807, 2.05) is 6.07 Å². The maximum Gasteiger partial charge on any atom is 0.229 e. The Morgan fingerprint density at radius 3 is 2.60 bits per heavy atom. The van der Waals surface area contributed by atoms with Gasteiger partial charge in [-0.15, -0.1) is 11.3 Å². The maximum absolute atomic E-state index is 5.60. The van der Waals surface area contributed by atoms with Crippen LogP contribution >= 0.6 is 11.3 Å². The van der Waals surface area contributed by atoms with Crippen molar-refractivity contribution >= 4 is 27.4 Å². The second-order valence-corrected chi connectivity index (χ2v) is 8.30. The van der Waals surface area contributed by atoms with Crippen LogP contribution in [0.2, 0.25) is 0 Å². The Morgan fingerprint density at radius 2 is 1.83 bits per heavy atom. The summed E-state index contributed by atoms with van der Waals surface area (Å²) in [5.74, 6) is 1.71. The highest BCUT2D eigenvalue weighted by Crippen LogP contribution is 2.37. The summed E-state index contributed by atoms with van der Waals surface area (Å²) in [5, 5.41) is 0. The Hall–Kier alpha value is -3.38. The third kappa shape index (κ3) is 3.86. The van der Waals surface area contributed by atoms with E-state index in [9.17, 15) is 0 Å². The molecule has 0 saturated heterocycles. The summed E-state index contributed by atoms with van der Waals surface area (Å²) in [6.45, 7) is 3.66. The van der Waals surface area contributed by atoms with Gasteiger partial charge in [0, 0.05) is 11.4 Å². The molecule has 4 aromatic rings. The van der Waals surface area contributed by atoms with Crippen LogP contribution < -0.4 is 4.90 Å². The van der Waals surface area contributed by atoms with Crippen LogP contribution in [0.25, 0.3) is 20.7 Å². The number of hydrogen-bond donors (Lipinski definition) is 0. The van der Waals surface area contributed by atoms with Crippen molar-refractivity contribution in [2.75, 3.05) is 18.2 Å². The molecule has 1 aliphatic rings. The molecule has 30 heavy (non-hydrogen) atoms. The number of rotatable bonds is 6. The Kier molecular flexibility index (Phi) is 5.07. The molecule has 0 aliphatic carbocycles. The second-order valence-electron chi connectivity index (χ2n) is 7.24. The van der Waals surface area contributed by atoms with Crippen molar-refractivity contribution in [3.05, 3.63) is 90.1 Å². The van der Waals surface area contributed by atoms with E-state index in [-0.39, 0.29) is 6.79 Å². The molecule has 0 saturated carbocycles. The molecule has 0 spiro atoms. The zero-order chi connectivity index (χ0) is 20.3. The number of nitrogens with zero attached hydrogens (tertiary/aromatic N) is 3. The number of hydrogen-bond acceptors (Lipinski definition) is 6. The molecule has 1 aliphatic heterocycles. The highest BCUT2D eigenvalue weighted by Gasteiger charge is 2.19. The number of thiophene rings is 1. The summed E-state index contributed by atoms with van der Waals surface area (Å²) >= 11 is 1.72. The van der Waals surface area contributed by atoms with Crippen LogP contribution in [0.1, 0.15) is 11.1 Å². The lowest BCUT2D eigenvalue weighted by Crippen LogP contribution is -2.26. The summed E-state index contributed by atoms with van der Waals surface area (Å²) in [5.41, 5.74) is 4.61. The highest BCUT2D eigenvalue weighted by molar-refractivity contribution is 7.22. The van der Waals surface area contributed by atoms with Crippen molar-refractivity contribution in [1.29, 1.82) is 0 Å². The normalized spacial score (nSPS) is 13.0. The Bertz CT molecular complexity index is 1190. The second kappa shape index (κ2) is 8.16. The summed E-state index contributed by atoms with van der Waals surface area (Å²) in [4.78, 5) is 12.6. The van der Waals surface area contributed by atoms with Crippen LogP contribution in [-0.2, 0) is 16.0 Å². The number of fused-ring (bicyclic) bond motifs is 1. The van der Waals surface area contributed by atoms with E-state index in [0.29, 0.717) is 13.1 Å². The van der Waals surface area contributed by atoms with Gasteiger partial charge in [0.05, 0.1) is 16.8 Å². The summed E-state index contributed by atoms with van der Waals surface area (Å²) in [6, 6.07) is 21.1. The Labute approximate surface area is 179 Å². The van der Waals surface area contributed by atoms with Crippen molar-refractivity contribution in [2.45, 2.75) is 13.5 Å². The third-order valence-electron chi connectivity index (χ3n) is 5.02.